The van der Waals surface area contributed by atoms with Crippen LogP contribution < -0.4 is 4.57 Å². The maximum Gasteiger partial charge on any atom is 0.243 e. The van der Waals surface area contributed by atoms with Crippen LogP contribution in [0.2, 0.25) is 0 Å². The summed E-state index contributed by atoms with van der Waals surface area (Å²) in [5.74, 6) is 0. The third-order valence-electron chi connectivity index (χ3n) is 1.32. The fourth-order valence-corrected chi connectivity index (χ4v) is 0.734. The van der Waals surface area contributed by atoms with E-state index >= 15 is 0 Å². The van der Waals surface area contributed by atoms with E-state index in [1.165, 1.54) is 0 Å². The van der Waals surface area contributed by atoms with Gasteiger partial charge in [0.25, 0.3) is 0 Å². The molecule has 0 aliphatic rings. The summed E-state index contributed by atoms with van der Waals surface area (Å²) in [6.45, 7) is 9.04. The lowest BCUT2D eigenvalue weighted by atomic mass is 10.7. The molecule has 0 unspecified atom stereocenters. The number of nitrogens with zero attached hydrogens (tertiary/aromatic N) is 2. The molecule has 2 radical (unpaired) electrons. The third-order valence-corrected chi connectivity index (χ3v) is 1.32. The van der Waals surface area contributed by atoms with Crippen molar-refractivity contribution in [3.63, 3.8) is 0 Å². The molecule has 2 heteroatoms. The smallest absolute Gasteiger partial charge is 0.237 e. The minimum absolute atomic E-state index is 0.562. The van der Waals surface area contributed by atoms with Gasteiger partial charge in [0.1, 0.15) is 12.4 Å². The molecule has 0 atom stereocenters. The van der Waals surface area contributed by atoms with E-state index in [4.69, 9.17) is 6.92 Å². The van der Waals surface area contributed by atoms with Crippen LogP contribution in [0.15, 0.2) is 18.7 Å². The molecule has 0 fully saturated rings. The van der Waals surface area contributed by atoms with Crippen molar-refractivity contribution in [1.29, 1.82) is 0 Å². The summed E-state index contributed by atoms with van der Waals surface area (Å²) < 4.78 is 4.01. The molecular formula is C7H11N2+. The zero-order valence-electron chi connectivity index (χ0n) is 5.62. The Hall–Kier alpha value is -0.790. The zero-order chi connectivity index (χ0) is 6.69. The van der Waals surface area contributed by atoms with Crippen LogP contribution in [0.3, 0.4) is 0 Å². The molecule has 1 heterocycles. The molecule has 1 aromatic heterocycles. The maximum absolute atomic E-state index is 5.37. The molecule has 2 nitrogen and oxygen atoms in total. The minimum atomic E-state index is 0.562. The number of rotatable bonds is 2. The first-order chi connectivity index (χ1) is 4.36. The van der Waals surface area contributed by atoms with Crippen LogP contribution in [0.5, 0.6) is 0 Å². The topological polar surface area (TPSA) is 8.81 Å². The van der Waals surface area contributed by atoms with Crippen LogP contribution >= 0.6 is 0 Å². The van der Waals surface area contributed by atoms with E-state index in [9.17, 15) is 0 Å². The molecule has 0 amide bonds. The van der Waals surface area contributed by atoms with E-state index in [2.05, 4.69) is 11.5 Å². The second-order valence-electron chi connectivity index (χ2n) is 1.94. The van der Waals surface area contributed by atoms with E-state index in [-0.39, 0.29) is 0 Å². The molecule has 0 bridgehead atoms. The molecule has 1 aromatic rings. The monoisotopic (exact) mass is 123 g/mol. The van der Waals surface area contributed by atoms with Crippen molar-refractivity contribution < 1.29 is 4.57 Å². The van der Waals surface area contributed by atoms with Gasteiger partial charge in [-0.05, 0) is 6.92 Å². The van der Waals surface area contributed by atoms with Crippen molar-refractivity contribution in [2.24, 2.45) is 0 Å². The van der Waals surface area contributed by atoms with E-state index in [0.717, 1.165) is 6.54 Å². The second-order valence-corrected chi connectivity index (χ2v) is 1.94. The van der Waals surface area contributed by atoms with Gasteiger partial charge in [-0.15, -0.1) is 0 Å². The lowest BCUT2D eigenvalue weighted by Gasteiger charge is -1.84. The van der Waals surface area contributed by atoms with Gasteiger partial charge in [0, 0.05) is 6.92 Å². The van der Waals surface area contributed by atoms with Crippen LogP contribution in [0.25, 0.3) is 0 Å². The lowest BCUT2D eigenvalue weighted by molar-refractivity contribution is -0.693. The standard InChI is InChI=1S/C7H11N2/c1-3-8-5-6-9(4-2)7-8/h1,5-7H,3-4H2,2H3/q+1. The predicted octanol–water partition coefficient (Wildman–Crippen LogP) is 0.507. The highest BCUT2D eigenvalue weighted by Gasteiger charge is 1.95. The average molecular weight is 123 g/mol. The molecule has 0 saturated heterocycles. The van der Waals surface area contributed by atoms with Gasteiger partial charge in [-0.25, -0.2) is 9.13 Å². The van der Waals surface area contributed by atoms with Gasteiger partial charge in [0.05, 0.1) is 13.1 Å². The van der Waals surface area contributed by atoms with E-state index in [0.29, 0.717) is 6.54 Å². The van der Waals surface area contributed by atoms with Gasteiger partial charge >= 0.3 is 0 Å². The first-order valence-corrected chi connectivity index (χ1v) is 3.11. The number of hydrogen-bond acceptors (Lipinski definition) is 0. The maximum atomic E-state index is 5.37. The first kappa shape index (κ1) is 6.33. The zero-order valence-corrected chi connectivity index (χ0v) is 5.62. The Morgan fingerprint density at radius 3 is 2.78 bits per heavy atom. The number of aryl methyl sites for hydroxylation is 1. The summed E-state index contributed by atoms with van der Waals surface area (Å²) in [5.41, 5.74) is 0. The van der Waals surface area contributed by atoms with E-state index in [1.54, 1.807) is 0 Å². The van der Waals surface area contributed by atoms with Crippen LogP contribution in [-0.2, 0) is 13.1 Å². The molecule has 9 heavy (non-hydrogen) atoms. The Kier molecular flexibility index (Phi) is 1.88. The Morgan fingerprint density at radius 2 is 2.44 bits per heavy atom. The highest BCUT2D eigenvalue weighted by atomic mass is 15.1. The van der Waals surface area contributed by atoms with Crippen LogP contribution in [0.1, 0.15) is 6.92 Å². The summed E-state index contributed by atoms with van der Waals surface area (Å²) in [6, 6.07) is 0. The third kappa shape index (κ3) is 1.31. The van der Waals surface area contributed by atoms with Crippen molar-refractivity contribution in [2.75, 3.05) is 0 Å². The van der Waals surface area contributed by atoms with Gasteiger partial charge in [0.2, 0.25) is 6.33 Å². The van der Waals surface area contributed by atoms with Crippen LogP contribution in [0.4, 0.5) is 0 Å². The van der Waals surface area contributed by atoms with Crippen LogP contribution in [0, 0.1) is 6.92 Å². The number of hydrogen-bond donors (Lipinski definition) is 0. The lowest BCUT2D eigenvalue weighted by Crippen LogP contribution is -2.28. The van der Waals surface area contributed by atoms with Gasteiger partial charge in [-0.3, -0.25) is 0 Å². The molecule has 0 saturated carbocycles. The van der Waals surface area contributed by atoms with Crippen molar-refractivity contribution in [2.45, 2.75) is 20.0 Å². The molecule has 1 rings (SSSR count). The Labute approximate surface area is 55.7 Å². The molecule has 0 spiro atoms. The normalized spacial score (nSPS) is 10.0. The fraction of sp³-hybridized carbons (Fsp3) is 0.429. The number of aromatic nitrogens is 2. The van der Waals surface area contributed by atoms with Crippen LogP contribution in [-0.4, -0.2) is 4.57 Å². The minimum Gasteiger partial charge on any atom is -0.237 e. The second kappa shape index (κ2) is 2.67. The van der Waals surface area contributed by atoms with Crippen molar-refractivity contribution >= 4 is 0 Å². The summed E-state index contributed by atoms with van der Waals surface area (Å²) in [5, 5.41) is 0. The summed E-state index contributed by atoms with van der Waals surface area (Å²) in [6.07, 6.45) is 5.95. The molecule has 48 valence electrons. The van der Waals surface area contributed by atoms with E-state index in [1.807, 2.05) is 23.3 Å². The first-order valence-electron chi connectivity index (χ1n) is 3.11. The highest BCUT2D eigenvalue weighted by molar-refractivity contribution is 4.65. The highest BCUT2D eigenvalue weighted by Crippen LogP contribution is 1.80. The van der Waals surface area contributed by atoms with Gasteiger partial charge in [0.15, 0.2) is 0 Å². The Morgan fingerprint density at radius 1 is 1.67 bits per heavy atom. The molecule has 0 N–H and O–H groups in total. The van der Waals surface area contributed by atoms with Crippen molar-refractivity contribution in [3.05, 3.63) is 25.6 Å². The SMILES string of the molecule is [CH]Cn1cc[n+](CC)c1. The van der Waals surface area contributed by atoms with Crippen molar-refractivity contribution in [3.8, 4) is 0 Å². The average Bonchev–Trinajstić information content (AvgIpc) is 2.34. The molecule has 0 aliphatic carbocycles. The molecule has 0 aliphatic heterocycles. The van der Waals surface area contributed by atoms with E-state index < -0.39 is 0 Å². The van der Waals surface area contributed by atoms with Gasteiger partial charge in [-0.2, -0.15) is 0 Å². The summed E-state index contributed by atoms with van der Waals surface area (Å²) in [4.78, 5) is 0. The summed E-state index contributed by atoms with van der Waals surface area (Å²) >= 11 is 0. The fourth-order valence-electron chi connectivity index (χ4n) is 0.734. The quantitative estimate of drug-likeness (QED) is 0.506. The Bertz CT molecular complexity index is 160. The summed E-state index contributed by atoms with van der Waals surface area (Å²) in [7, 11) is 0. The molecule has 0 aromatic carbocycles. The van der Waals surface area contributed by atoms with Gasteiger partial charge < -0.3 is 0 Å². The predicted molar refractivity (Wildman–Crippen MR) is 34.6 cm³/mol. The van der Waals surface area contributed by atoms with Crippen molar-refractivity contribution in [1.82, 2.24) is 4.57 Å². The largest absolute Gasteiger partial charge is 0.243 e. The molecular weight excluding hydrogens is 112 g/mol. The number of imidazole rings is 1. The Balaban J connectivity index is 2.74. The van der Waals surface area contributed by atoms with Gasteiger partial charge in [-0.1, -0.05) is 0 Å².